The van der Waals surface area contributed by atoms with E-state index >= 15 is 0 Å². The Morgan fingerprint density at radius 1 is 0.882 bits per heavy atom. The van der Waals surface area contributed by atoms with E-state index in [0.717, 1.165) is 6.61 Å². The van der Waals surface area contributed by atoms with Gasteiger partial charge in [-0.3, -0.25) is 0 Å². The summed E-state index contributed by atoms with van der Waals surface area (Å²) in [6, 6.07) is 0. The van der Waals surface area contributed by atoms with Crippen molar-refractivity contribution in [2.24, 2.45) is 0 Å². The Morgan fingerprint density at radius 3 is 2.06 bits per heavy atom. The molecular formula is C14H31AlO2. The summed E-state index contributed by atoms with van der Waals surface area (Å²) in [6.45, 7) is 9.61. The zero-order valence-electron chi connectivity index (χ0n) is 12.3. The van der Waals surface area contributed by atoms with Crippen molar-refractivity contribution in [3.05, 3.63) is 0 Å². The maximum absolute atomic E-state index is 5.91. The van der Waals surface area contributed by atoms with Gasteiger partial charge in [-0.1, -0.05) is 63.4 Å². The normalized spacial score (nSPS) is 12.7. The summed E-state index contributed by atoms with van der Waals surface area (Å²) in [4.78, 5) is 0. The molecule has 0 aromatic rings. The first-order valence-electron chi connectivity index (χ1n) is 7.51. The van der Waals surface area contributed by atoms with Crippen LogP contribution < -0.4 is 0 Å². The molecule has 0 N–H and O–H groups in total. The van der Waals surface area contributed by atoms with Crippen molar-refractivity contribution in [2.75, 3.05) is 6.61 Å². The number of hydrogen-bond acceptors (Lipinski definition) is 2. The van der Waals surface area contributed by atoms with Crippen molar-refractivity contribution in [1.29, 1.82) is 0 Å². The van der Waals surface area contributed by atoms with Gasteiger partial charge < -0.3 is 8.53 Å². The van der Waals surface area contributed by atoms with Gasteiger partial charge in [0.1, 0.15) is 6.29 Å². The molecular weight excluding hydrogens is 227 g/mol. The average molecular weight is 258 g/mol. The Labute approximate surface area is 113 Å². The molecule has 1 atom stereocenters. The van der Waals surface area contributed by atoms with Gasteiger partial charge in [0, 0.05) is 6.61 Å². The molecule has 0 spiro atoms. The maximum Gasteiger partial charge on any atom is 0.462 e. The molecule has 102 valence electrons. The first-order chi connectivity index (χ1) is 8.24. The van der Waals surface area contributed by atoms with Gasteiger partial charge in [-0.05, 0) is 13.3 Å². The zero-order valence-corrected chi connectivity index (χ0v) is 13.5. The van der Waals surface area contributed by atoms with Crippen molar-refractivity contribution < 1.29 is 8.53 Å². The lowest BCUT2D eigenvalue weighted by Gasteiger charge is -2.18. The minimum atomic E-state index is -0.949. The highest BCUT2D eigenvalue weighted by Crippen LogP contribution is 2.08. The molecule has 0 saturated heterocycles. The number of hydrogen-bond donors (Lipinski definition) is 0. The Morgan fingerprint density at radius 2 is 1.47 bits per heavy atom. The summed E-state index contributed by atoms with van der Waals surface area (Å²) in [7, 11) is 0. The van der Waals surface area contributed by atoms with E-state index in [9.17, 15) is 0 Å². The van der Waals surface area contributed by atoms with Crippen molar-refractivity contribution in [3.63, 3.8) is 0 Å². The van der Waals surface area contributed by atoms with Crippen molar-refractivity contribution in [3.8, 4) is 0 Å². The summed E-state index contributed by atoms with van der Waals surface area (Å²) < 4.78 is 11.6. The van der Waals surface area contributed by atoms with Crippen LogP contribution in [0, 0.1) is 0 Å². The molecule has 0 aromatic heterocycles. The SMILES string of the molecule is CCCCCCCCOC(C)[O][Al]([CH2]C)[CH2]C. The van der Waals surface area contributed by atoms with Crippen molar-refractivity contribution in [1.82, 2.24) is 0 Å². The third kappa shape index (κ3) is 11.3. The van der Waals surface area contributed by atoms with Gasteiger partial charge in [0.15, 0.2) is 0 Å². The maximum atomic E-state index is 5.91. The lowest BCUT2D eigenvalue weighted by atomic mass is 10.1. The lowest BCUT2D eigenvalue weighted by Crippen LogP contribution is -2.24. The van der Waals surface area contributed by atoms with E-state index in [1.54, 1.807) is 0 Å². The molecule has 0 radical (unpaired) electrons. The van der Waals surface area contributed by atoms with Gasteiger partial charge in [-0.25, -0.2) is 0 Å². The molecule has 17 heavy (non-hydrogen) atoms. The summed E-state index contributed by atoms with van der Waals surface area (Å²) in [5.41, 5.74) is 0. The van der Waals surface area contributed by atoms with Crippen LogP contribution in [0.15, 0.2) is 0 Å². The van der Waals surface area contributed by atoms with Crippen LogP contribution in [0.3, 0.4) is 0 Å². The highest BCUT2D eigenvalue weighted by atomic mass is 27.2. The summed E-state index contributed by atoms with van der Waals surface area (Å²) in [5.74, 6) is 0. The van der Waals surface area contributed by atoms with Crippen LogP contribution in [-0.4, -0.2) is 27.4 Å². The Hall–Kier alpha value is 0.452. The Bertz CT molecular complexity index is 149. The van der Waals surface area contributed by atoms with E-state index in [2.05, 4.69) is 20.8 Å². The van der Waals surface area contributed by atoms with Crippen molar-refractivity contribution >= 4 is 14.5 Å². The van der Waals surface area contributed by atoms with Crippen LogP contribution in [0.1, 0.15) is 66.2 Å². The second kappa shape index (κ2) is 12.9. The second-order valence-electron chi connectivity index (χ2n) is 4.78. The predicted molar refractivity (Wildman–Crippen MR) is 76.6 cm³/mol. The van der Waals surface area contributed by atoms with Gasteiger partial charge in [-0.2, -0.15) is 0 Å². The molecule has 1 unspecified atom stereocenters. The number of unbranched alkanes of at least 4 members (excludes halogenated alkanes) is 5. The smallest absolute Gasteiger partial charge is 0.462 e. The van der Waals surface area contributed by atoms with Crippen LogP contribution in [0.4, 0.5) is 0 Å². The highest BCUT2D eigenvalue weighted by molar-refractivity contribution is 6.51. The minimum Gasteiger partial charge on any atom is -0.478 e. The van der Waals surface area contributed by atoms with E-state index in [0.29, 0.717) is 0 Å². The minimum absolute atomic E-state index is 0.0159. The van der Waals surface area contributed by atoms with Crippen LogP contribution in [-0.2, 0) is 8.53 Å². The van der Waals surface area contributed by atoms with E-state index < -0.39 is 14.5 Å². The fourth-order valence-corrected chi connectivity index (χ4v) is 3.51. The topological polar surface area (TPSA) is 18.5 Å². The first kappa shape index (κ1) is 17.5. The molecule has 0 rings (SSSR count). The molecule has 0 fully saturated rings. The fraction of sp³-hybridized carbons (Fsp3) is 1.00. The van der Waals surface area contributed by atoms with Crippen molar-refractivity contribution in [2.45, 2.75) is 83.1 Å². The van der Waals surface area contributed by atoms with Gasteiger partial charge in [0.2, 0.25) is 0 Å². The largest absolute Gasteiger partial charge is 0.478 e. The fourth-order valence-electron chi connectivity index (χ4n) is 1.92. The van der Waals surface area contributed by atoms with Crippen LogP contribution >= 0.6 is 0 Å². The quantitative estimate of drug-likeness (QED) is 0.285. The monoisotopic (exact) mass is 258 g/mol. The van der Waals surface area contributed by atoms with Crippen LogP contribution in [0.5, 0.6) is 0 Å². The molecule has 0 bridgehead atoms. The van der Waals surface area contributed by atoms with Gasteiger partial charge in [0.05, 0.1) is 0 Å². The third-order valence-corrected chi connectivity index (χ3v) is 5.73. The van der Waals surface area contributed by atoms with Gasteiger partial charge >= 0.3 is 14.5 Å². The summed E-state index contributed by atoms with van der Waals surface area (Å²) in [5, 5.41) is 2.42. The van der Waals surface area contributed by atoms with Crippen LogP contribution in [0.25, 0.3) is 0 Å². The van der Waals surface area contributed by atoms with E-state index in [-0.39, 0.29) is 6.29 Å². The zero-order chi connectivity index (χ0) is 12.9. The molecule has 3 heteroatoms. The molecule has 0 aliphatic heterocycles. The van der Waals surface area contributed by atoms with E-state index in [1.807, 2.05) is 6.92 Å². The molecule has 0 amide bonds. The van der Waals surface area contributed by atoms with Gasteiger partial charge in [0.25, 0.3) is 0 Å². The second-order valence-corrected chi connectivity index (χ2v) is 7.93. The van der Waals surface area contributed by atoms with E-state index in [4.69, 9.17) is 8.53 Å². The molecule has 0 aliphatic rings. The predicted octanol–water partition coefficient (Wildman–Crippen LogP) is 4.76. The molecule has 0 heterocycles. The lowest BCUT2D eigenvalue weighted by molar-refractivity contribution is -0.0706. The van der Waals surface area contributed by atoms with E-state index in [1.165, 1.54) is 49.1 Å². The standard InChI is InChI=1S/C10H21O2.2C2H5.Al/c1-3-4-5-6-7-8-9-12-10(2)11;2*1-2;/h10H,3-9H2,1-2H3;2*1H2,2H3;/q-1;;;+1. The molecule has 0 saturated carbocycles. The number of ether oxygens (including phenoxy) is 1. The average Bonchev–Trinajstić information content (AvgIpc) is 2.34. The Kier molecular flexibility index (Phi) is 13.2. The first-order valence-corrected chi connectivity index (χ1v) is 9.62. The molecule has 2 nitrogen and oxygen atoms in total. The number of rotatable bonds is 12. The summed E-state index contributed by atoms with van der Waals surface area (Å²) >= 11 is -0.949. The Balaban J connectivity index is 3.29. The summed E-state index contributed by atoms with van der Waals surface area (Å²) in [6.07, 6.45) is 7.93. The van der Waals surface area contributed by atoms with Crippen LogP contribution in [0.2, 0.25) is 10.6 Å². The van der Waals surface area contributed by atoms with Gasteiger partial charge in [-0.15, -0.1) is 0 Å². The molecule has 0 aromatic carbocycles. The third-order valence-electron chi connectivity index (χ3n) is 3.15. The highest BCUT2D eigenvalue weighted by Gasteiger charge is 2.17. The molecule has 0 aliphatic carbocycles.